The molecular weight excluding hydrogens is 1130 g/mol. The highest BCUT2D eigenvalue weighted by Gasteiger charge is 2.20. The van der Waals surface area contributed by atoms with Gasteiger partial charge in [0.25, 0.3) is 0 Å². The van der Waals surface area contributed by atoms with Gasteiger partial charge < -0.3 is 104 Å². The standard InChI is InChI=1S/C65H130O22/c1-9-17-67-24-26-74-33-40-81-43-60(42-66-16-8)50-83-52-62(46-77-36-29-70-20-12-4)54-85-56-64(48-79-38-31-72-22-14-6)58-87-59-65(49-80-39-32-73-23-15-7)57-86-55-63(47-78-37-30-71-21-13-5)53-84-51-61(44-76-35-28-69-19-11-3)45-82-41-34-75-27-25-68-18-10-2/h16,60-65H,8-15,17-59H2,1-7H3. The van der Waals surface area contributed by atoms with Crippen LogP contribution in [0.5, 0.6) is 0 Å². The smallest absolute Gasteiger partial charge is 0.0945 e. The van der Waals surface area contributed by atoms with E-state index in [0.29, 0.717) is 271 Å². The minimum absolute atomic E-state index is 0.00339. The van der Waals surface area contributed by atoms with Gasteiger partial charge in [0.2, 0.25) is 0 Å². The van der Waals surface area contributed by atoms with E-state index < -0.39 is 0 Å². The molecule has 0 aliphatic rings. The number of hydrogen-bond donors (Lipinski definition) is 0. The first kappa shape index (κ1) is 85.7. The minimum atomic E-state index is -0.0753. The Morgan fingerprint density at radius 1 is 0.172 bits per heavy atom. The number of rotatable bonds is 78. The topological polar surface area (TPSA) is 203 Å². The third-order valence-electron chi connectivity index (χ3n) is 12.2. The van der Waals surface area contributed by atoms with E-state index in [1.165, 1.54) is 6.26 Å². The van der Waals surface area contributed by atoms with Gasteiger partial charge in [0.05, 0.1) is 244 Å². The molecule has 6 atom stereocenters. The first-order valence-corrected chi connectivity index (χ1v) is 33.4. The van der Waals surface area contributed by atoms with Gasteiger partial charge in [0, 0.05) is 81.8 Å². The quantitative estimate of drug-likeness (QED) is 0.0417. The van der Waals surface area contributed by atoms with Gasteiger partial charge >= 0.3 is 0 Å². The molecule has 0 saturated carbocycles. The van der Waals surface area contributed by atoms with Gasteiger partial charge in [0.1, 0.15) is 0 Å². The molecule has 0 aromatic heterocycles. The van der Waals surface area contributed by atoms with Crippen LogP contribution in [0.25, 0.3) is 0 Å². The molecule has 0 spiro atoms. The van der Waals surface area contributed by atoms with E-state index in [4.69, 9.17) is 104 Å². The molecule has 22 heteroatoms. The molecule has 0 rings (SSSR count). The highest BCUT2D eigenvalue weighted by atomic mass is 16.6. The Balaban J connectivity index is 5.94. The van der Waals surface area contributed by atoms with Crippen LogP contribution in [0.3, 0.4) is 0 Å². The molecule has 0 bridgehead atoms. The summed E-state index contributed by atoms with van der Waals surface area (Å²) in [5.74, 6) is -0.269. The molecule has 0 N–H and O–H groups in total. The Kier molecular flexibility index (Phi) is 72.6. The second kappa shape index (κ2) is 73.7. The SMILES string of the molecule is C=COCC(COCCOCCOCCC)COCC(COCCOCCC)COCC(COCCOCCC)COCC(COCCOCCC)COCC(COCCOCCC)COCC(COCCOCCC)COCCOCCOCCC. The fourth-order valence-electron chi connectivity index (χ4n) is 7.82. The average molecular weight is 1260 g/mol. The van der Waals surface area contributed by atoms with E-state index in [0.717, 1.165) is 58.2 Å². The monoisotopic (exact) mass is 1260 g/mol. The lowest BCUT2D eigenvalue weighted by Gasteiger charge is -2.24. The van der Waals surface area contributed by atoms with Crippen LogP contribution in [0.15, 0.2) is 12.8 Å². The van der Waals surface area contributed by atoms with Crippen molar-refractivity contribution in [3.63, 3.8) is 0 Å². The molecule has 0 saturated heterocycles. The molecule has 0 aromatic carbocycles. The van der Waals surface area contributed by atoms with Gasteiger partial charge in [0.15, 0.2) is 0 Å². The molecule has 0 aliphatic carbocycles. The molecule has 0 heterocycles. The Morgan fingerprint density at radius 3 is 0.448 bits per heavy atom. The van der Waals surface area contributed by atoms with Gasteiger partial charge in [-0.2, -0.15) is 0 Å². The summed E-state index contributed by atoms with van der Waals surface area (Å²) in [6.07, 6.45) is 8.16. The third-order valence-corrected chi connectivity index (χ3v) is 12.2. The molecule has 6 unspecified atom stereocenters. The molecule has 87 heavy (non-hydrogen) atoms. The van der Waals surface area contributed by atoms with Crippen LogP contribution in [0.2, 0.25) is 0 Å². The maximum absolute atomic E-state index is 6.51. The highest BCUT2D eigenvalue weighted by molar-refractivity contribution is 4.66. The van der Waals surface area contributed by atoms with Crippen molar-refractivity contribution in [1.82, 2.24) is 0 Å². The van der Waals surface area contributed by atoms with Crippen LogP contribution in [0.4, 0.5) is 0 Å². The van der Waals surface area contributed by atoms with Crippen molar-refractivity contribution in [3.8, 4) is 0 Å². The largest absolute Gasteiger partial charge is 0.501 e. The molecular formula is C65H130O22. The van der Waals surface area contributed by atoms with E-state index in [2.05, 4.69) is 55.0 Å². The second-order valence-corrected chi connectivity index (χ2v) is 21.4. The summed E-state index contributed by atoms with van der Waals surface area (Å²) in [7, 11) is 0. The van der Waals surface area contributed by atoms with E-state index in [-0.39, 0.29) is 35.5 Å². The Labute approximate surface area is 528 Å². The summed E-state index contributed by atoms with van der Waals surface area (Å²) in [6.45, 7) is 40.1. The van der Waals surface area contributed by atoms with Gasteiger partial charge in [-0.1, -0.05) is 55.0 Å². The van der Waals surface area contributed by atoms with Crippen LogP contribution >= 0.6 is 0 Å². The van der Waals surface area contributed by atoms with Crippen molar-refractivity contribution in [1.29, 1.82) is 0 Å². The third kappa shape index (κ3) is 64.6. The molecule has 0 aliphatic heterocycles. The number of hydrogen-bond acceptors (Lipinski definition) is 22. The van der Waals surface area contributed by atoms with E-state index in [1.807, 2.05) is 0 Å². The Hall–Kier alpha value is -1.30. The first-order chi connectivity index (χ1) is 43.0. The fourth-order valence-corrected chi connectivity index (χ4v) is 7.82. The minimum Gasteiger partial charge on any atom is -0.501 e. The number of ether oxygens (including phenoxy) is 22. The van der Waals surface area contributed by atoms with Crippen molar-refractivity contribution >= 4 is 0 Å². The molecule has 0 fully saturated rings. The predicted octanol–water partition coefficient (Wildman–Crippen LogP) is 8.06. The van der Waals surface area contributed by atoms with Gasteiger partial charge in [-0.3, -0.25) is 0 Å². The summed E-state index contributed by atoms with van der Waals surface area (Å²) in [5, 5.41) is 0. The molecule has 22 nitrogen and oxygen atoms in total. The van der Waals surface area contributed by atoms with Crippen molar-refractivity contribution in [2.75, 3.05) is 284 Å². The van der Waals surface area contributed by atoms with Gasteiger partial charge in [-0.25, -0.2) is 0 Å². The summed E-state index contributed by atoms with van der Waals surface area (Å²) < 4.78 is 131. The lowest BCUT2D eigenvalue weighted by molar-refractivity contribution is -0.0704. The van der Waals surface area contributed by atoms with Crippen molar-refractivity contribution in [3.05, 3.63) is 12.8 Å². The van der Waals surface area contributed by atoms with Crippen LogP contribution in [0.1, 0.15) is 93.4 Å². The van der Waals surface area contributed by atoms with E-state index in [1.54, 1.807) is 0 Å². The maximum atomic E-state index is 6.51. The summed E-state index contributed by atoms with van der Waals surface area (Å²) in [5.41, 5.74) is 0. The highest BCUT2D eigenvalue weighted by Crippen LogP contribution is 2.12. The van der Waals surface area contributed by atoms with Crippen molar-refractivity contribution in [2.24, 2.45) is 35.5 Å². The van der Waals surface area contributed by atoms with Gasteiger partial charge in [-0.15, -0.1) is 0 Å². The van der Waals surface area contributed by atoms with Crippen LogP contribution in [-0.2, 0) is 104 Å². The summed E-state index contributed by atoms with van der Waals surface area (Å²) in [4.78, 5) is 0. The Morgan fingerprint density at radius 2 is 0.299 bits per heavy atom. The maximum Gasteiger partial charge on any atom is 0.0945 e. The van der Waals surface area contributed by atoms with Crippen molar-refractivity contribution in [2.45, 2.75) is 93.4 Å². The van der Waals surface area contributed by atoms with Crippen LogP contribution in [0, 0.1) is 35.5 Å². The molecule has 522 valence electrons. The summed E-state index contributed by atoms with van der Waals surface area (Å²) in [6, 6.07) is 0. The zero-order chi connectivity index (χ0) is 63.1. The molecule has 0 radical (unpaired) electrons. The van der Waals surface area contributed by atoms with Crippen LogP contribution in [-0.4, -0.2) is 284 Å². The van der Waals surface area contributed by atoms with Gasteiger partial charge in [-0.05, 0) is 44.9 Å². The zero-order valence-corrected chi connectivity index (χ0v) is 56.1. The predicted molar refractivity (Wildman–Crippen MR) is 336 cm³/mol. The normalized spacial score (nSPS) is 14.0. The molecule has 0 amide bonds. The lowest BCUT2D eigenvalue weighted by Crippen LogP contribution is -2.31. The summed E-state index contributed by atoms with van der Waals surface area (Å²) >= 11 is 0. The van der Waals surface area contributed by atoms with Crippen LogP contribution < -0.4 is 0 Å². The first-order valence-electron chi connectivity index (χ1n) is 33.4. The second-order valence-electron chi connectivity index (χ2n) is 21.4. The van der Waals surface area contributed by atoms with E-state index >= 15 is 0 Å². The Bertz CT molecular complexity index is 1290. The average Bonchev–Trinajstić information content (AvgIpc) is 3.55. The lowest BCUT2D eigenvalue weighted by atomic mass is 10.1. The fraction of sp³-hybridized carbons (Fsp3) is 0.969. The molecule has 0 aromatic rings. The van der Waals surface area contributed by atoms with Crippen molar-refractivity contribution < 1.29 is 104 Å². The van der Waals surface area contributed by atoms with E-state index in [9.17, 15) is 0 Å². The zero-order valence-electron chi connectivity index (χ0n) is 56.1.